The molecule has 142 valence electrons. The lowest BCUT2D eigenvalue weighted by atomic mass is 10.1. The van der Waals surface area contributed by atoms with E-state index in [0.29, 0.717) is 0 Å². The van der Waals surface area contributed by atoms with Crippen molar-refractivity contribution in [1.29, 1.82) is 0 Å². The third kappa shape index (κ3) is 6.00. The SMILES string of the molecule is CN=C[C@@H](F)[C@H](OC(=O)c1ccccc1)[C@H](O)COC(=O)c1ccccc1. The van der Waals surface area contributed by atoms with Crippen LogP contribution in [0, 0.1) is 0 Å². The van der Waals surface area contributed by atoms with Gasteiger partial charge in [-0.1, -0.05) is 36.4 Å². The molecule has 1 N–H and O–H groups in total. The number of nitrogens with zero attached hydrogens (tertiary/aromatic N) is 1. The zero-order chi connectivity index (χ0) is 19.6. The maximum Gasteiger partial charge on any atom is 0.338 e. The topological polar surface area (TPSA) is 85.2 Å². The Morgan fingerprint density at radius 2 is 1.56 bits per heavy atom. The molecule has 0 saturated heterocycles. The number of aliphatic hydroxyl groups excluding tert-OH is 1. The van der Waals surface area contributed by atoms with E-state index in [1.807, 2.05) is 0 Å². The normalized spacial score (nSPS) is 14.3. The molecule has 0 amide bonds. The quantitative estimate of drug-likeness (QED) is 0.568. The van der Waals surface area contributed by atoms with Crippen LogP contribution >= 0.6 is 0 Å². The monoisotopic (exact) mass is 373 g/mol. The molecule has 2 rings (SSSR count). The first-order chi connectivity index (χ1) is 13.0. The highest BCUT2D eigenvalue weighted by molar-refractivity contribution is 5.90. The molecule has 7 heteroatoms. The Morgan fingerprint density at radius 3 is 2.07 bits per heavy atom. The second-order valence-electron chi connectivity index (χ2n) is 5.62. The minimum Gasteiger partial charge on any atom is -0.459 e. The summed E-state index contributed by atoms with van der Waals surface area (Å²) in [5.41, 5.74) is 0.492. The summed E-state index contributed by atoms with van der Waals surface area (Å²) < 4.78 is 24.4. The predicted molar refractivity (Wildman–Crippen MR) is 97.7 cm³/mol. The van der Waals surface area contributed by atoms with Gasteiger partial charge in [-0.2, -0.15) is 0 Å². The molecule has 0 heterocycles. The second kappa shape index (κ2) is 10.2. The molecule has 0 aliphatic carbocycles. The summed E-state index contributed by atoms with van der Waals surface area (Å²) in [7, 11) is 1.35. The van der Waals surface area contributed by atoms with Crippen molar-refractivity contribution in [2.45, 2.75) is 18.4 Å². The molecule has 3 atom stereocenters. The Balaban J connectivity index is 2.04. The summed E-state index contributed by atoms with van der Waals surface area (Å²) in [6, 6.07) is 16.1. The van der Waals surface area contributed by atoms with Crippen LogP contribution in [0.5, 0.6) is 0 Å². The number of carbonyl (C=O) groups excluding carboxylic acids is 2. The molecule has 0 fully saturated rings. The number of rotatable bonds is 8. The minimum absolute atomic E-state index is 0.205. The molecule has 0 radical (unpaired) electrons. The average molecular weight is 373 g/mol. The molecule has 27 heavy (non-hydrogen) atoms. The number of hydrogen-bond acceptors (Lipinski definition) is 6. The van der Waals surface area contributed by atoms with Crippen LogP contribution in [-0.2, 0) is 9.47 Å². The fraction of sp³-hybridized carbons (Fsp3) is 0.250. The van der Waals surface area contributed by atoms with Crippen molar-refractivity contribution >= 4 is 18.2 Å². The van der Waals surface area contributed by atoms with Crippen LogP contribution in [0.3, 0.4) is 0 Å². The zero-order valence-corrected chi connectivity index (χ0v) is 14.7. The molecule has 0 aromatic heterocycles. The van der Waals surface area contributed by atoms with Crippen LogP contribution in [0.1, 0.15) is 20.7 Å². The lowest BCUT2D eigenvalue weighted by molar-refractivity contribution is -0.0591. The maximum absolute atomic E-state index is 14.3. The van der Waals surface area contributed by atoms with E-state index in [1.165, 1.54) is 19.2 Å². The Labute approximate surface area is 156 Å². The van der Waals surface area contributed by atoms with Crippen molar-refractivity contribution < 1.29 is 28.6 Å². The number of carbonyl (C=O) groups is 2. The van der Waals surface area contributed by atoms with Gasteiger partial charge in [-0.15, -0.1) is 0 Å². The van der Waals surface area contributed by atoms with Gasteiger partial charge in [-0.3, -0.25) is 4.99 Å². The first kappa shape index (κ1) is 20.3. The number of esters is 2. The van der Waals surface area contributed by atoms with Gasteiger partial charge in [0.25, 0.3) is 0 Å². The van der Waals surface area contributed by atoms with Gasteiger partial charge >= 0.3 is 11.9 Å². The van der Waals surface area contributed by atoms with Crippen LogP contribution in [0.4, 0.5) is 4.39 Å². The number of benzene rings is 2. The molecule has 0 bridgehead atoms. The molecular formula is C20H20FNO5. The van der Waals surface area contributed by atoms with E-state index in [4.69, 9.17) is 9.47 Å². The number of aliphatic hydroxyl groups is 1. The van der Waals surface area contributed by atoms with Gasteiger partial charge in [0.05, 0.1) is 11.1 Å². The van der Waals surface area contributed by atoms with Crippen LogP contribution in [0.25, 0.3) is 0 Å². The first-order valence-corrected chi connectivity index (χ1v) is 8.25. The Morgan fingerprint density at radius 1 is 1.04 bits per heavy atom. The van der Waals surface area contributed by atoms with Crippen LogP contribution in [-0.4, -0.2) is 55.3 Å². The number of hydrogen-bond donors (Lipinski definition) is 1. The van der Waals surface area contributed by atoms with E-state index in [9.17, 15) is 19.1 Å². The first-order valence-electron chi connectivity index (χ1n) is 8.25. The fourth-order valence-electron chi connectivity index (χ4n) is 2.26. The van der Waals surface area contributed by atoms with Crippen molar-refractivity contribution in [3.05, 3.63) is 71.8 Å². The molecule has 0 spiro atoms. The summed E-state index contributed by atoms with van der Waals surface area (Å²) in [6.45, 7) is -0.543. The molecule has 0 unspecified atom stereocenters. The molecule has 0 aliphatic rings. The van der Waals surface area contributed by atoms with Crippen LogP contribution in [0.2, 0.25) is 0 Å². The van der Waals surface area contributed by atoms with E-state index in [-0.39, 0.29) is 11.1 Å². The van der Waals surface area contributed by atoms with Crippen molar-refractivity contribution in [2.24, 2.45) is 4.99 Å². The Bertz CT molecular complexity index is 766. The fourth-order valence-corrected chi connectivity index (χ4v) is 2.26. The second-order valence-corrected chi connectivity index (χ2v) is 5.62. The predicted octanol–water partition coefficient (Wildman–Crippen LogP) is 2.47. The van der Waals surface area contributed by atoms with E-state index in [1.54, 1.807) is 48.5 Å². The number of alkyl halides is 1. The van der Waals surface area contributed by atoms with Crippen molar-refractivity contribution in [3.8, 4) is 0 Å². The smallest absolute Gasteiger partial charge is 0.338 e. The standard InChI is InChI=1S/C20H20FNO5/c1-22-12-16(21)18(27-20(25)15-10-6-3-7-11-15)17(23)13-26-19(24)14-8-4-2-5-9-14/h2-12,16-18,23H,13H2,1H3/t16-,17-,18+/m1/s1. The third-order valence-electron chi connectivity index (χ3n) is 3.63. The van der Waals surface area contributed by atoms with E-state index >= 15 is 0 Å². The minimum atomic E-state index is -1.87. The number of halogens is 1. The summed E-state index contributed by atoms with van der Waals surface area (Å²) in [4.78, 5) is 27.7. The summed E-state index contributed by atoms with van der Waals surface area (Å²) in [5.74, 6) is -1.48. The van der Waals surface area contributed by atoms with Gasteiger partial charge in [0.1, 0.15) is 12.7 Å². The zero-order valence-electron chi connectivity index (χ0n) is 14.7. The third-order valence-corrected chi connectivity index (χ3v) is 3.63. The summed E-state index contributed by atoms with van der Waals surface area (Å²) in [5, 5.41) is 10.2. The molecule has 2 aromatic rings. The Hall–Kier alpha value is -3.06. The van der Waals surface area contributed by atoms with Gasteiger partial charge in [-0.25, -0.2) is 14.0 Å². The highest BCUT2D eigenvalue weighted by Gasteiger charge is 2.32. The number of aliphatic imine (C=N–C) groups is 1. The van der Waals surface area contributed by atoms with Crippen LogP contribution < -0.4 is 0 Å². The van der Waals surface area contributed by atoms with Gasteiger partial charge < -0.3 is 14.6 Å². The highest BCUT2D eigenvalue weighted by Crippen LogP contribution is 2.13. The lowest BCUT2D eigenvalue weighted by Gasteiger charge is -2.24. The molecule has 6 nitrogen and oxygen atoms in total. The Kier molecular flexibility index (Phi) is 7.63. The lowest BCUT2D eigenvalue weighted by Crippen LogP contribution is -2.43. The maximum atomic E-state index is 14.3. The van der Waals surface area contributed by atoms with E-state index in [2.05, 4.69) is 4.99 Å². The van der Waals surface area contributed by atoms with Crippen molar-refractivity contribution in [3.63, 3.8) is 0 Å². The largest absolute Gasteiger partial charge is 0.459 e. The van der Waals surface area contributed by atoms with Gasteiger partial charge in [-0.05, 0) is 24.3 Å². The molecule has 0 saturated carbocycles. The van der Waals surface area contributed by atoms with Crippen molar-refractivity contribution in [1.82, 2.24) is 0 Å². The van der Waals surface area contributed by atoms with Crippen LogP contribution in [0.15, 0.2) is 65.7 Å². The van der Waals surface area contributed by atoms with Gasteiger partial charge in [0.2, 0.25) is 0 Å². The number of ether oxygens (including phenoxy) is 2. The molecule has 2 aromatic carbocycles. The molecule has 0 aliphatic heterocycles. The highest BCUT2D eigenvalue weighted by atomic mass is 19.1. The van der Waals surface area contributed by atoms with E-state index < -0.39 is 36.9 Å². The summed E-state index contributed by atoms with van der Waals surface area (Å²) >= 11 is 0. The summed E-state index contributed by atoms with van der Waals surface area (Å²) in [6.07, 6.45) is -4.11. The van der Waals surface area contributed by atoms with Crippen molar-refractivity contribution in [2.75, 3.05) is 13.7 Å². The van der Waals surface area contributed by atoms with Gasteiger partial charge in [0, 0.05) is 13.3 Å². The van der Waals surface area contributed by atoms with Gasteiger partial charge in [0.15, 0.2) is 12.3 Å². The van der Waals surface area contributed by atoms with E-state index in [0.717, 1.165) is 6.21 Å². The average Bonchev–Trinajstić information content (AvgIpc) is 2.71. The molecular weight excluding hydrogens is 353 g/mol.